The molecule has 1 heterocycles. The zero-order valence-electron chi connectivity index (χ0n) is 16.5. The summed E-state index contributed by atoms with van der Waals surface area (Å²) < 4.78 is 46.7. The average Bonchev–Trinajstić information content (AvgIpc) is 3.19. The summed E-state index contributed by atoms with van der Waals surface area (Å²) in [6, 6.07) is 12.0. The normalized spacial score (nSPS) is 11.3. The van der Waals surface area contributed by atoms with Gasteiger partial charge in [0, 0.05) is 18.6 Å². The number of hydrogen-bond acceptors (Lipinski definition) is 4. The number of ether oxygens (including phenoxy) is 1. The standard InChI is InChI=1S/C21H17ClF3N3O3/c1-27(12-13-6-8-14(9-7-13)20(30)31-2)19(29)17-11-26-28(18(17)21(23,24)25)16-5-3-4-15(22)10-16/h3-11H,12H2,1-2H3. The molecule has 0 bridgehead atoms. The molecule has 0 aliphatic heterocycles. The lowest BCUT2D eigenvalue weighted by atomic mass is 10.1. The third-order valence-corrected chi connectivity index (χ3v) is 4.70. The number of hydrogen-bond donors (Lipinski definition) is 0. The summed E-state index contributed by atoms with van der Waals surface area (Å²) in [6.45, 7) is 0.0277. The molecule has 3 rings (SSSR count). The first-order valence-electron chi connectivity index (χ1n) is 8.95. The summed E-state index contributed by atoms with van der Waals surface area (Å²) >= 11 is 5.88. The zero-order chi connectivity index (χ0) is 22.8. The first kappa shape index (κ1) is 22.4. The van der Waals surface area contributed by atoms with Crippen molar-refractivity contribution < 1.29 is 27.5 Å². The van der Waals surface area contributed by atoms with Gasteiger partial charge >= 0.3 is 12.1 Å². The van der Waals surface area contributed by atoms with Crippen molar-refractivity contribution in [2.75, 3.05) is 14.2 Å². The van der Waals surface area contributed by atoms with Crippen LogP contribution in [0.5, 0.6) is 0 Å². The first-order valence-corrected chi connectivity index (χ1v) is 9.33. The van der Waals surface area contributed by atoms with Crippen molar-refractivity contribution in [3.05, 3.63) is 82.1 Å². The quantitative estimate of drug-likeness (QED) is 0.532. The van der Waals surface area contributed by atoms with Crippen molar-refractivity contribution in [2.24, 2.45) is 0 Å². The molecule has 0 atom stereocenters. The largest absolute Gasteiger partial charge is 0.465 e. The van der Waals surface area contributed by atoms with Crippen LogP contribution >= 0.6 is 11.6 Å². The number of carbonyl (C=O) groups excluding carboxylic acids is 2. The molecule has 0 fully saturated rings. The topological polar surface area (TPSA) is 64.4 Å². The van der Waals surface area contributed by atoms with E-state index in [1.165, 1.54) is 50.6 Å². The minimum atomic E-state index is -4.83. The van der Waals surface area contributed by atoms with Crippen molar-refractivity contribution >= 4 is 23.5 Å². The number of aromatic nitrogens is 2. The first-order chi connectivity index (χ1) is 14.6. The SMILES string of the molecule is COC(=O)c1ccc(CN(C)C(=O)c2cnn(-c3cccc(Cl)c3)c2C(F)(F)F)cc1. The number of carbonyl (C=O) groups is 2. The Labute approximate surface area is 180 Å². The molecule has 0 spiro atoms. The van der Waals surface area contributed by atoms with Gasteiger partial charge in [-0.3, -0.25) is 4.79 Å². The molecule has 0 saturated heterocycles. The van der Waals surface area contributed by atoms with Gasteiger partial charge in [-0.25, -0.2) is 9.48 Å². The average molecular weight is 452 g/mol. The number of nitrogens with zero attached hydrogens (tertiary/aromatic N) is 3. The Hall–Kier alpha value is -3.33. The Kier molecular flexibility index (Phi) is 6.35. The maximum Gasteiger partial charge on any atom is 0.434 e. The molecule has 0 radical (unpaired) electrons. The fourth-order valence-electron chi connectivity index (χ4n) is 3.00. The summed E-state index contributed by atoms with van der Waals surface area (Å²) in [5.74, 6) is -1.36. The molecular weight excluding hydrogens is 435 g/mol. The number of benzene rings is 2. The Bertz CT molecular complexity index is 1110. The lowest BCUT2D eigenvalue weighted by molar-refractivity contribution is -0.143. The van der Waals surface area contributed by atoms with Crippen molar-refractivity contribution in [2.45, 2.75) is 12.7 Å². The van der Waals surface area contributed by atoms with Crippen LogP contribution in [-0.2, 0) is 17.5 Å². The highest BCUT2D eigenvalue weighted by atomic mass is 35.5. The Morgan fingerprint density at radius 1 is 1.16 bits per heavy atom. The monoisotopic (exact) mass is 451 g/mol. The summed E-state index contributed by atoms with van der Waals surface area (Å²) in [4.78, 5) is 25.5. The number of amides is 1. The minimum absolute atomic E-state index is 0.0277. The van der Waals surface area contributed by atoms with E-state index in [2.05, 4.69) is 9.84 Å². The Morgan fingerprint density at radius 3 is 2.42 bits per heavy atom. The van der Waals surface area contributed by atoms with Crippen molar-refractivity contribution in [3.8, 4) is 5.69 Å². The lowest BCUT2D eigenvalue weighted by Gasteiger charge is -2.19. The van der Waals surface area contributed by atoms with Crippen LogP contribution in [0.4, 0.5) is 13.2 Å². The van der Waals surface area contributed by atoms with Crippen LogP contribution in [0.3, 0.4) is 0 Å². The van der Waals surface area contributed by atoms with Crippen LogP contribution in [0.2, 0.25) is 5.02 Å². The molecule has 31 heavy (non-hydrogen) atoms. The van der Waals surface area contributed by atoms with Crippen LogP contribution < -0.4 is 0 Å². The zero-order valence-corrected chi connectivity index (χ0v) is 17.2. The molecule has 3 aromatic rings. The summed E-state index contributed by atoms with van der Waals surface area (Å²) in [6.07, 6.45) is -3.93. The van der Waals surface area contributed by atoms with E-state index in [4.69, 9.17) is 11.6 Å². The Balaban J connectivity index is 1.89. The molecule has 2 aromatic carbocycles. The van der Waals surface area contributed by atoms with E-state index in [0.717, 1.165) is 11.1 Å². The molecule has 0 N–H and O–H groups in total. The van der Waals surface area contributed by atoms with Crippen molar-refractivity contribution in [1.29, 1.82) is 0 Å². The fraction of sp³-hybridized carbons (Fsp3) is 0.190. The van der Waals surface area contributed by atoms with Crippen LogP contribution in [-0.4, -0.2) is 40.7 Å². The van der Waals surface area contributed by atoms with Gasteiger partial charge in [0.1, 0.15) is 0 Å². The summed E-state index contributed by atoms with van der Waals surface area (Å²) in [5.41, 5.74) is -0.740. The van der Waals surface area contributed by atoms with Gasteiger partial charge in [-0.1, -0.05) is 29.8 Å². The third-order valence-electron chi connectivity index (χ3n) is 4.46. The molecule has 0 aliphatic carbocycles. The predicted octanol–water partition coefficient (Wildman–Crippen LogP) is 4.60. The maximum absolute atomic E-state index is 13.8. The van der Waals surface area contributed by atoms with Gasteiger partial charge in [0.15, 0.2) is 5.69 Å². The maximum atomic E-state index is 13.8. The van der Waals surface area contributed by atoms with Gasteiger partial charge in [0.05, 0.1) is 30.1 Å². The second-order valence-corrected chi connectivity index (χ2v) is 7.08. The number of alkyl halides is 3. The highest BCUT2D eigenvalue weighted by molar-refractivity contribution is 6.30. The number of esters is 1. The lowest BCUT2D eigenvalue weighted by Crippen LogP contribution is -2.28. The van der Waals surface area contributed by atoms with Gasteiger partial charge in [-0.05, 0) is 35.9 Å². The second-order valence-electron chi connectivity index (χ2n) is 6.65. The van der Waals surface area contributed by atoms with E-state index in [9.17, 15) is 22.8 Å². The number of halogens is 4. The van der Waals surface area contributed by atoms with Gasteiger partial charge in [0.2, 0.25) is 0 Å². The predicted molar refractivity (Wildman–Crippen MR) is 107 cm³/mol. The minimum Gasteiger partial charge on any atom is -0.465 e. The van der Waals surface area contributed by atoms with E-state index in [1.807, 2.05) is 0 Å². The molecule has 0 unspecified atom stereocenters. The molecule has 162 valence electrons. The molecule has 0 saturated carbocycles. The van der Waals surface area contributed by atoms with Crippen LogP contribution in [0.15, 0.2) is 54.7 Å². The molecule has 0 aliphatic rings. The van der Waals surface area contributed by atoms with Gasteiger partial charge in [0.25, 0.3) is 5.91 Å². The van der Waals surface area contributed by atoms with Crippen LogP contribution in [0.25, 0.3) is 5.69 Å². The molecule has 1 amide bonds. The number of rotatable bonds is 5. The van der Waals surface area contributed by atoms with Gasteiger partial charge < -0.3 is 9.64 Å². The van der Waals surface area contributed by atoms with E-state index in [-0.39, 0.29) is 17.3 Å². The summed E-state index contributed by atoms with van der Waals surface area (Å²) in [7, 11) is 2.64. The molecule has 10 heteroatoms. The van der Waals surface area contributed by atoms with E-state index >= 15 is 0 Å². The van der Waals surface area contributed by atoms with Gasteiger partial charge in [-0.2, -0.15) is 18.3 Å². The fourth-order valence-corrected chi connectivity index (χ4v) is 3.18. The number of methoxy groups -OCH3 is 1. The Morgan fingerprint density at radius 2 is 1.84 bits per heavy atom. The van der Waals surface area contributed by atoms with E-state index in [1.54, 1.807) is 12.1 Å². The molecule has 1 aromatic heterocycles. The highest BCUT2D eigenvalue weighted by Crippen LogP contribution is 2.34. The third kappa shape index (κ3) is 4.88. The van der Waals surface area contributed by atoms with Crippen LogP contribution in [0.1, 0.15) is 32.0 Å². The van der Waals surface area contributed by atoms with Crippen LogP contribution in [0, 0.1) is 0 Å². The molecule has 6 nitrogen and oxygen atoms in total. The van der Waals surface area contributed by atoms with Crippen molar-refractivity contribution in [1.82, 2.24) is 14.7 Å². The smallest absolute Gasteiger partial charge is 0.434 e. The van der Waals surface area contributed by atoms with E-state index < -0.39 is 29.3 Å². The summed E-state index contributed by atoms with van der Waals surface area (Å²) in [5, 5.41) is 4.02. The van der Waals surface area contributed by atoms with Crippen molar-refractivity contribution in [3.63, 3.8) is 0 Å². The van der Waals surface area contributed by atoms with Gasteiger partial charge in [-0.15, -0.1) is 0 Å². The second kappa shape index (κ2) is 8.81. The van der Waals surface area contributed by atoms with E-state index in [0.29, 0.717) is 15.8 Å². The molecular formula is C21H17ClF3N3O3. The highest BCUT2D eigenvalue weighted by Gasteiger charge is 2.41.